The number of aryl methyl sites for hydroxylation is 1. The van der Waals surface area contributed by atoms with Crippen molar-refractivity contribution >= 4 is 35.5 Å². The average Bonchev–Trinajstić information content (AvgIpc) is 2.99. The molecule has 1 unspecified atom stereocenters. The van der Waals surface area contributed by atoms with E-state index in [-0.39, 0.29) is 12.3 Å². The van der Waals surface area contributed by atoms with Crippen LogP contribution in [0.2, 0.25) is 0 Å². The van der Waals surface area contributed by atoms with Crippen LogP contribution in [0, 0.1) is 0 Å². The highest BCUT2D eigenvalue weighted by molar-refractivity contribution is 6.04. The summed E-state index contributed by atoms with van der Waals surface area (Å²) in [5.41, 5.74) is 5.97. The minimum absolute atomic E-state index is 0.219. The summed E-state index contributed by atoms with van der Waals surface area (Å²) >= 11 is 0. The molecule has 1 aromatic carbocycles. The largest absolute Gasteiger partial charge is 0.386 e. The van der Waals surface area contributed by atoms with Crippen LogP contribution in [-0.4, -0.2) is 128 Å². The molecule has 4 aliphatic heterocycles. The number of anilines is 2. The van der Waals surface area contributed by atoms with E-state index in [1.54, 1.807) is 0 Å². The molecule has 4 amide bonds. The number of imide groups is 1. The van der Waals surface area contributed by atoms with E-state index in [9.17, 15) is 19.2 Å². The van der Waals surface area contributed by atoms with Crippen molar-refractivity contribution in [3.8, 4) is 0 Å². The van der Waals surface area contributed by atoms with E-state index in [1.807, 2.05) is 19.2 Å². The number of carbonyl (C=O) groups excluding carboxylic acids is 4. The van der Waals surface area contributed by atoms with E-state index in [0.717, 1.165) is 109 Å². The molecule has 1 atom stereocenters. The van der Waals surface area contributed by atoms with Crippen LogP contribution in [0.25, 0.3) is 0 Å². The Morgan fingerprint density at radius 2 is 1.70 bits per heavy atom. The highest BCUT2D eigenvalue weighted by Crippen LogP contribution is 2.32. The Balaban J connectivity index is 1.01. The molecule has 4 aliphatic rings. The van der Waals surface area contributed by atoms with Crippen LogP contribution < -0.4 is 21.0 Å². The van der Waals surface area contributed by atoms with Gasteiger partial charge in [-0.3, -0.25) is 29.9 Å². The topological polar surface area (TPSA) is 121 Å². The molecule has 0 aliphatic carbocycles. The second-order valence-corrected chi connectivity index (χ2v) is 12.1. The predicted octanol–water partition coefficient (Wildman–Crippen LogP) is 0.638. The third-order valence-electron chi connectivity index (χ3n) is 9.49. The maximum atomic E-state index is 12.7. The van der Waals surface area contributed by atoms with Gasteiger partial charge in [-0.15, -0.1) is 0 Å². The van der Waals surface area contributed by atoms with Gasteiger partial charge in [0.1, 0.15) is 6.04 Å². The molecule has 4 heterocycles. The molecule has 5 rings (SSSR count). The van der Waals surface area contributed by atoms with Gasteiger partial charge in [0.25, 0.3) is 0 Å². The van der Waals surface area contributed by atoms with Gasteiger partial charge in [-0.1, -0.05) is 12.1 Å². The van der Waals surface area contributed by atoms with Crippen LogP contribution in [0.1, 0.15) is 50.5 Å². The first-order chi connectivity index (χ1) is 21.0. The highest BCUT2D eigenvalue weighted by Gasteiger charge is 2.33. The lowest BCUT2D eigenvalue weighted by atomic mass is 10.0. The zero-order valence-corrected chi connectivity index (χ0v) is 25.6. The van der Waals surface area contributed by atoms with Gasteiger partial charge in [0.15, 0.2) is 0 Å². The number of hydrazine groups is 1. The molecule has 43 heavy (non-hydrogen) atoms. The van der Waals surface area contributed by atoms with Gasteiger partial charge < -0.3 is 24.9 Å². The smallest absolute Gasteiger partial charge is 0.249 e. The van der Waals surface area contributed by atoms with E-state index >= 15 is 0 Å². The summed E-state index contributed by atoms with van der Waals surface area (Å²) in [6, 6.07) is 5.71. The van der Waals surface area contributed by atoms with Gasteiger partial charge in [0, 0.05) is 78.3 Å². The lowest BCUT2D eigenvalue weighted by Crippen LogP contribution is -2.60. The summed E-state index contributed by atoms with van der Waals surface area (Å²) < 4.78 is 0. The number of hydrogen-bond acceptors (Lipinski definition) is 9. The fraction of sp³-hybridized carbons (Fsp3) is 0.677. The van der Waals surface area contributed by atoms with Gasteiger partial charge in [-0.05, 0) is 63.2 Å². The Morgan fingerprint density at radius 3 is 2.30 bits per heavy atom. The Labute approximate surface area is 255 Å². The Bertz CT molecular complexity index is 1130. The predicted molar refractivity (Wildman–Crippen MR) is 165 cm³/mol. The number of hydrogen-bond donors (Lipinski definition) is 3. The standard InChI is InChI=1S/C31H48N8O4/c1-32-30-24(5-2-7-26(30)38(23-40)27-9-10-28(41)34-31(27)43)6-3-14-35-19-21-36(22-20-35)15-4-8-29(42)37-16-11-25(12-17-37)39-18-13-33-39/h2,5,7,23,25,27,32-33H,3-4,6,8-22H2,1H3,(H,34,41,43). The molecule has 236 valence electrons. The number of piperazine rings is 1. The molecular weight excluding hydrogens is 548 g/mol. The summed E-state index contributed by atoms with van der Waals surface area (Å²) in [5, 5.41) is 7.92. The van der Waals surface area contributed by atoms with Crippen molar-refractivity contribution in [2.75, 3.05) is 82.7 Å². The molecule has 0 aromatic heterocycles. The number of rotatable bonds is 13. The van der Waals surface area contributed by atoms with Crippen molar-refractivity contribution in [3.63, 3.8) is 0 Å². The van der Waals surface area contributed by atoms with Crippen LogP contribution in [0.4, 0.5) is 11.4 Å². The molecular formula is C31H48N8O4. The molecule has 4 fully saturated rings. The molecule has 0 radical (unpaired) electrons. The van der Waals surface area contributed by atoms with E-state index in [1.165, 1.54) is 4.90 Å². The van der Waals surface area contributed by atoms with Crippen LogP contribution in [0.15, 0.2) is 18.2 Å². The van der Waals surface area contributed by atoms with Gasteiger partial charge in [0.2, 0.25) is 24.1 Å². The summed E-state index contributed by atoms with van der Waals surface area (Å²) in [5.74, 6) is -0.420. The Morgan fingerprint density at radius 1 is 1.00 bits per heavy atom. The SMILES string of the molecule is CNc1c(CCCN2CCN(CCCC(=O)N3CCC(N4CCN4)CC3)CC2)cccc1N(C=O)C1CCC(=O)NC1=O. The number of carbonyl (C=O) groups is 4. The van der Waals surface area contributed by atoms with E-state index < -0.39 is 11.9 Å². The molecule has 0 bridgehead atoms. The first-order valence-corrected chi connectivity index (χ1v) is 16.1. The molecule has 4 saturated heterocycles. The van der Waals surface area contributed by atoms with Crippen LogP contribution in [0.5, 0.6) is 0 Å². The second-order valence-electron chi connectivity index (χ2n) is 12.1. The third-order valence-corrected chi connectivity index (χ3v) is 9.49. The molecule has 0 spiro atoms. The molecule has 3 N–H and O–H groups in total. The monoisotopic (exact) mass is 596 g/mol. The minimum atomic E-state index is -0.697. The van der Waals surface area contributed by atoms with E-state index in [0.29, 0.717) is 36.9 Å². The number of amides is 4. The van der Waals surface area contributed by atoms with Gasteiger partial charge >= 0.3 is 0 Å². The molecule has 0 saturated carbocycles. The maximum absolute atomic E-state index is 12.7. The first kappa shape index (κ1) is 31.4. The number of nitrogens with zero attached hydrogens (tertiary/aromatic N) is 5. The van der Waals surface area contributed by atoms with E-state index in [2.05, 4.69) is 41.8 Å². The van der Waals surface area contributed by atoms with Crippen LogP contribution in [0.3, 0.4) is 0 Å². The average molecular weight is 597 g/mol. The van der Waals surface area contributed by atoms with Crippen molar-refractivity contribution in [2.24, 2.45) is 0 Å². The summed E-state index contributed by atoms with van der Waals surface area (Å²) in [7, 11) is 1.83. The van der Waals surface area contributed by atoms with Crippen LogP contribution >= 0.6 is 0 Å². The lowest BCUT2D eigenvalue weighted by Gasteiger charge is -2.43. The van der Waals surface area contributed by atoms with Crippen molar-refractivity contribution < 1.29 is 19.2 Å². The van der Waals surface area contributed by atoms with Crippen molar-refractivity contribution in [3.05, 3.63) is 23.8 Å². The lowest BCUT2D eigenvalue weighted by molar-refractivity contribution is -0.135. The summed E-state index contributed by atoms with van der Waals surface area (Å²) in [6.07, 6.45) is 6.76. The van der Waals surface area contributed by atoms with Crippen molar-refractivity contribution in [1.29, 1.82) is 0 Å². The Hall–Kier alpha value is -3.06. The van der Waals surface area contributed by atoms with Gasteiger partial charge in [-0.2, -0.15) is 0 Å². The normalized spacial score (nSPS) is 22.6. The number of para-hydroxylation sites is 1. The van der Waals surface area contributed by atoms with Crippen molar-refractivity contribution in [2.45, 2.75) is 63.5 Å². The quantitative estimate of drug-likeness (QED) is 0.223. The zero-order chi connectivity index (χ0) is 30.2. The Kier molecular flexibility index (Phi) is 11.0. The summed E-state index contributed by atoms with van der Waals surface area (Å²) in [4.78, 5) is 57.3. The highest BCUT2D eigenvalue weighted by atomic mass is 16.2. The second kappa shape index (κ2) is 15.1. The first-order valence-electron chi connectivity index (χ1n) is 16.1. The molecule has 12 nitrogen and oxygen atoms in total. The van der Waals surface area contributed by atoms with E-state index in [4.69, 9.17) is 0 Å². The minimum Gasteiger partial charge on any atom is -0.386 e. The van der Waals surface area contributed by atoms with Crippen molar-refractivity contribution in [1.82, 2.24) is 30.5 Å². The third kappa shape index (κ3) is 7.91. The van der Waals surface area contributed by atoms with Gasteiger partial charge in [-0.25, -0.2) is 5.01 Å². The number of piperidine rings is 2. The summed E-state index contributed by atoms with van der Waals surface area (Å²) in [6.45, 7) is 10.1. The number of likely N-dealkylation sites (tertiary alicyclic amines) is 1. The maximum Gasteiger partial charge on any atom is 0.249 e. The van der Waals surface area contributed by atoms with Gasteiger partial charge in [0.05, 0.1) is 11.4 Å². The zero-order valence-electron chi connectivity index (χ0n) is 25.6. The fourth-order valence-corrected chi connectivity index (χ4v) is 6.87. The molecule has 12 heteroatoms. The van der Waals surface area contributed by atoms with Crippen LogP contribution in [-0.2, 0) is 25.6 Å². The fourth-order valence-electron chi connectivity index (χ4n) is 6.87. The number of nitrogens with one attached hydrogen (secondary N) is 3. The number of benzene rings is 1. The molecule has 1 aromatic rings.